The van der Waals surface area contributed by atoms with Gasteiger partial charge in [-0.15, -0.1) is 0 Å². The number of hydrogen-bond donors (Lipinski definition) is 1. The minimum atomic E-state index is 0.478. The first-order valence-corrected chi connectivity index (χ1v) is 5.24. The summed E-state index contributed by atoms with van der Waals surface area (Å²) in [5.41, 5.74) is 6.27. The molecule has 1 aromatic carbocycles. The zero-order valence-electron chi connectivity index (χ0n) is 9.58. The predicted molar refractivity (Wildman–Crippen MR) is 66.1 cm³/mol. The summed E-state index contributed by atoms with van der Waals surface area (Å²) in [6, 6.07) is 3.35. The molecule has 0 aliphatic heterocycles. The van der Waals surface area contributed by atoms with Crippen LogP contribution < -0.4 is 15.2 Å². The largest absolute Gasteiger partial charge is 0.495 e. The molecule has 5 heteroatoms. The van der Waals surface area contributed by atoms with Crippen molar-refractivity contribution in [1.82, 2.24) is 0 Å². The van der Waals surface area contributed by atoms with E-state index in [4.69, 9.17) is 26.8 Å². The van der Waals surface area contributed by atoms with Crippen molar-refractivity contribution in [2.24, 2.45) is 10.7 Å². The quantitative estimate of drug-likeness (QED) is 0.653. The van der Waals surface area contributed by atoms with E-state index in [0.29, 0.717) is 34.5 Å². The molecule has 0 bridgehead atoms. The van der Waals surface area contributed by atoms with E-state index in [1.54, 1.807) is 26.4 Å². The molecule has 2 N–H and O–H groups in total. The topological polar surface area (TPSA) is 56.8 Å². The Kier molecular flexibility index (Phi) is 4.43. The predicted octanol–water partition coefficient (Wildman–Crippen LogP) is 2.76. The van der Waals surface area contributed by atoms with Crippen molar-refractivity contribution in [3.63, 3.8) is 0 Å². The van der Waals surface area contributed by atoms with Crippen molar-refractivity contribution in [2.75, 3.05) is 14.2 Å². The van der Waals surface area contributed by atoms with Gasteiger partial charge in [-0.1, -0.05) is 18.5 Å². The third kappa shape index (κ3) is 2.79. The number of nitrogens with zero attached hydrogens (tertiary/aromatic N) is 1. The molecule has 0 saturated heterocycles. The molecule has 0 spiro atoms. The fourth-order valence-corrected chi connectivity index (χ4v) is 1.40. The van der Waals surface area contributed by atoms with Crippen LogP contribution in [-0.4, -0.2) is 20.1 Å². The Balaban J connectivity index is 3.23. The highest BCUT2D eigenvalue weighted by molar-refractivity contribution is 6.32. The molecular formula is C11H15ClN2O2. The molecule has 0 aromatic heterocycles. The Bertz CT molecular complexity index is 405. The van der Waals surface area contributed by atoms with E-state index in [1.165, 1.54) is 0 Å². The SMILES string of the molecule is CCC(N)=Nc1cc(Cl)c(OC)cc1OC. The molecule has 0 unspecified atom stereocenters. The summed E-state index contributed by atoms with van der Waals surface area (Å²) < 4.78 is 10.3. The lowest BCUT2D eigenvalue weighted by molar-refractivity contribution is 0.395. The van der Waals surface area contributed by atoms with Crippen LogP contribution in [0.25, 0.3) is 0 Å². The molecule has 0 atom stereocenters. The fourth-order valence-electron chi connectivity index (χ4n) is 1.17. The van der Waals surface area contributed by atoms with Gasteiger partial charge in [-0.3, -0.25) is 0 Å². The normalized spacial score (nSPS) is 11.4. The van der Waals surface area contributed by atoms with Gasteiger partial charge in [0.05, 0.1) is 25.1 Å². The lowest BCUT2D eigenvalue weighted by Crippen LogP contribution is -2.08. The number of benzene rings is 1. The van der Waals surface area contributed by atoms with E-state index in [-0.39, 0.29) is 0 Å². The van der Waals surface area contributed by atoms with E-state index < -0.39 is 0 Å². The third-order valence-electron chi connectivity index (χ3n) is 2.08. The number of methoxy groups -OCH3 is 2. The first-order valence-electron chi connectivity index (χ1n) is 4.86. The van der Waals surface area contributed by atoms with Crippen LogP contribution in [0.4, 0.5) is 5.69 Å². The fraction of sp³-hybridized carbons (Fsp3) is 0.364. The highest BCUT2D eigenvalue weighted by Gasteiger charge is 2.09. The Morgan fingerprint density at radius 2 is 1.94 bits per heavy atom. The number of rotatable bonds is 4. The van der Waals surface area contributed by atoms with Crippen molar-refractivity contribution in [3.05, 3.63) is 17.2 Å². The summed E-state index contributed by atoms with van der Waals surface area (Å²) in [5, 5.41) is 0.478. The average molecular weight is 243 g/mol. The van der Waals surface area contributed by atoms with Gasteiger partial charge in [0.15, 0.2) is 0 Å². The summed E-state index contributed by atoms with van der Waals surface area (Å²) >= 11 is 5.99. The van der Waals surface area contributed by atoms with Gasteiger partial charge < -0.3 is 15.2 Å². The lowest BCUT2D eigenvalue weighted by atomic mass is 10.2. The molecule has 0 saturated carbocycles. The number of amidine groups is 1. The van der Waals surface area contributed by atoms with Crippen LogP contribution in [0.3, 0.4) is 0 Å². The lowest BCUT2D eigenvalue weighted by Gasteiger charge is -2.09. The van der Waals surface area contributed by atoms with Gasteiger partial charge in [0.25, 0.3) is 0 Å². The Labute approximate surface area is 100 Å². The number of nitrogens with two attached hydrogens (primary N) is 1. The van der Waals surface area contributed by atoms with Crippen molar-refractivity contribution < 1.29 is 9.47 Å². The molecule has 4 nitrogen and oxygen atoms in total. The minimum Gasteiger partial charge on any atom is -0.495 e. The van der Waals surface area contributed by atoms with Gasteiger partial charge in [0.2, 0.25) is 0 Å². The van der Waals surface area contributed by atoms with Gasteiger partial charge in [-0.2, -0.15) is 0 Å². The molecule has 0 amide bonds. The van der Waals surface area contributed by atoms with Gasteiger partial charge in [0.1, 0.15) is 17.2 Å². The number of halogens is 1. The highest BCUT2D eigenvalue weighted by atomic mass is 35.5. The third-order valence-corrected chi connectivity index (χ3v) is 2.37. The Hall–Kier alpha value is -1.42. The smallest absolute Gasteiger partial charge is 0.148 e. The maximum absolute atomic E-state index is 5.99. The van der Waals surface area contributed by atoms with E-state index in [2.05, 4.69) is 4.99 Å². The standard InChI is InChI=1S/C11H15ClN2O2/c1-4-11(13)14-8-5-7(12)9(15-2)6-10(8)16-3/h5-6H,4H2,1-3H3,(H2,13,14). The van der Waals surface area contributed by atoms with Crippen molar-refractivity contribution in [2.45, 2.75) is 13.3 Å². The first-order chi connectivity index (χ1) is 7.62. The second-order valence-electron chi connectivity index (χ2n) is 3.12. The van der Waals surface area contributed by atoms with Crippen molar-refractivity contribution in [3.8, 4) is 11.5 Å². The molecule has 88 valence electrons. The van der Waals surface area contributed by atoms with E-state index in [1.807, 2.05) is 6.92 Å². The summed E-state index contributed by atoms with van der Waals surface area (Å²) in [6.07, 6.45) is 0.673. The summed E-state index contributed by atoms with van der Waals surface area (Å²) in [4.78, 5) is 4.21. The molecule has 0 fully saturated rings. The zero-order chi connectivity index (χ0) is 12.1. The van der Waals surface area contributed by atoms with Crippen LogP contribution in [0.1, 0.15) is 13.3 Å². The van der Waals surface area contributed by atoms with Crippen LogP contribution in [0.15, 0.2) is 17.1 Å². The van der Waals surface area contributed by atoms with E-state index in [0.717, 1.165) is 0 Å². The van der Waals surface area contributed by atoms with Crippen LogP contribution in [-0.2, 0) is 0 Å². The van der Waals surface area contributed by atoms with Crippen LogP contribution >= 0.6 is 11.6 Å². The van der Waals surface area contributed by atoms with Crippen molar-refractivity contribution in [1.29, 1.82) is 0 Å². The van der Waals surface area contributed by atoms with E-state index >= 15 is 0 Å². The maximum Gasteiger partial charge on any atom is 0.148 e. The first kappa shape index (κ1) is 12.6. The van der Waals surface area contributed by atoms with E-state index in [9.17, 15) is 0 Å². The molecule has 0 aliphatic carbocycles. The number of hydrogen-bond acceptors (Lipinski definition) is 3. The molecule has 0 radical (unpaired) electrons. The van der Waals surface area contributed by atoms with Gasteiger partial charge in [-0.25, -0.2) is 4.99 Å². The summed E-state index contributed by atoms with van der Waals surface area (Å²) in [5.74, 6) is 1.66. The molecule has 0 heterocycles. The number of ether oxygens (including phenoxy) is 2. The second kappa shape index (κ2) is 5.61. The molecule has 1 aromatic rings. The minimum absolute atomic E-state index is 0.478. The number of aliphatic imine (C=N–C) groups is 1. The van der Waals surface area contributed by atoms with Gasteiger partial charge >= 0.3 is 0 Å². The average Bonchev–Trinajstić information content (AvgIpc) is 2.29. The zero-order valence-corrected chi connectivity index (χ0v) is 10.3. The maximum atomic E-state index is 5.99. The Morgan fingerprint density at radius 3 is 2.44 bits per heavy atom. The van der Waals surface area contributed by atoms with Crippen LogP contribution in [0.2, 0.25) is 5.02 Å². The van der Waals surface area contributed by atoms with Gasteiger partial charge in [-0.05, 0) is 6.07 Å². The monoisotopic (exact) mass is 242 g/mol. The second-order valence-corrected chi connectivity index (χ2v) is 3.52. The van der Waals surface area contributed by atoms with Gasteiger partial charge in [0, 0.05) is 12.5 Å². The summed E-state index contributed by atoms with van der Waals surface area (Å²) in [6.45, 7) is 1.93. The molecule has 16 heavy (non-hydrogen) atoms. The summed E-state index contributed by atoms with van der Waals surface area (Å²) in [7, 11) is 3.10. The molecular weight excluding hydrogens is 228 g/mol. The highest BCUT2D eigenvalue weighted by Crippen LogP contribution is 2.37. The van der Waals surface area contributed by atoms with Crippen LogP contribution in [0.5, 0.6) is 11.5 Å². The van der Waals surface area contributed by atoms with Crippen LogP contribution in [0, 0.1) is 0 Å². The molecule has 1 rings (SSSR count). The Morgan fingerprint density at radius 1 is 1.31 bits per heavy atom. The molecule has 0 aliphatic rings. The van der Waals surface area contributed by atoms with Crippen molar-refractivity contribution >= 4 is 23.1 Å².